The lowest BCUT2D eigenvalue weighted by Crippen LogP contribution is -2.36. The fourth-order valence-electron chi connectivity index (χ4n) is 8.92. The highest BCUT2D eigenvalue weighted by molar-refractivity contribution is 5.76. The predicted molar refractivity (Wildman–Crippen MR) is 190 cm³/mol. The van der Waals surface area contributed by atoms with Gasteiger partial charge in [0.25, 0.3) is 0 Å². The number of hydrogen-bond acceptors (Lipinski definition) is 10. The Balaban J connectivity index is 1.44. The van der Waals surface area contributed by atoms with Crippen molar-refractivity contribution < 1.29 is 47.4 Å². The monoisotopic (exact) mass is 706 g/mol. The van der Waals surface area contributed by atoms with Gasteiger partial charge < -0.3 is 42.6 Å². The Morgan fingerprint density at radius 1 is 0.462 bits per heavy atom. The van der Waals surface area contributed by atoms with Gasteiger partial charge in [-0.1, -0.05) is 27.7 Å². The van der Waals surface area contributed by atoms with Gasteiger partial charge in [0.15, 0.2) is 0 Å². The molecule has 10 nitrogen and oxygen atoms in total. The minimum atomic E-state index is -1.39. The van der Waals surface area contributed by atoms with Crippen molar-refractivity contribution in [2.75, 3.05) is 27.5 Å². The van der Waals surface area contributed by atoms with Gasteiger partial charge in [-0.05, 0) is 52.0 Å². The average Bonchev–Trinajstić information content (AvgIpc) is 3.11. The normalized spacial score (nSPS) is 22.8. The third-order valence-electron chi connectivity index (χ3n) is 11.9. The summed E-state index contributed by atoms with van der Waals surface area (Å²) in [7, 11) is 1.32. The van der Waals surface area contributed by atoms with E-state index in [2.05, 4.69) is 52.0 Å². The summed E-state index contributed by atoms with van der Waals surface area (Å²) in [6, 6.07) is 8.80. The van der Waals surface area contributed by atoms with E-state index in [1.54, 1.807) is 0 Å². The summed E-state index contributed by atoms with van der Waals surface area (Å²) in [4.78, 5) is 13.3. The van der Waals surface area contributed by atoms with Gasteiger partial charge in [0.05, 0.1) is 7.11 Å². The van der Waals surface area contributed by atoms with Gasteiger partial charge in [-0.25, -0.2) is 4.79 Å². The van der Waals surface area contributed by atoms with Gasteiger partial charge in [0.2, 0.25) is 20.4 Å². The molecule has 52 heavy (non-hydrogen) atoms. The molecule has 10 heteroatoms. The molecule has 4 heterocycles. The number of methoxy groups -OCH3 is 1. The quantitative estimate of drug-likeness (QED) is 0.180. The van der Waals surface area contributed by atoms with Crippen LogP contribution in [0.5, 0.6) is 46.0 Å². The van der Waals surface area contributed by atoms with Crippen LogP contribution < -0.4 is 37.9 Å². The molecular formula is C42H42O10. The molecule has 5 atom stereocenters. The van der Waals surface area contributed by atoms with Crippen molar-refractivity contribution in [3.8, 4) is 46.0 Å². The summed E-state index contributed by atoms with van der Waals surface area (Å²) in [5.74, 6) is 3.96. The van der Waals surface area contributed by atoms with E-state index in [0.717, 1.165) is 89.8 Å². The second kappa shape index (κ2) is 11.6. The van der Waals surface area contributed by atoms with Crippen LogP contribution in [0, 0.1) is 27.7 Å². The summed E-state index contributed by atoms with van der Waals surface area (Å²) in [5, 5.41) is 0. The number of ether oxygens (including phenoxy) is 9. The second-order valence-electron chi connectivity index (χ2n) is 14.6. The maximum absolute atomic E-state index is 13.3. The second-order valence-corrected chi connectivity index (χ2v) is 14.6. The highest BCUT2D eigenvalue weighted by Gasteiger charge is 2.39. The van der Waals surface area contributed by atoms with Crippen LogP contribution in [0.4, 0.5) is 0 Å². The zero-order valence-electron chi connectivity index (χ0n) is 30.9. The zero-order chi connectivity index (χ0) is 36.3. The van der Waals surface area contributed by atoms with Gasteiger partial charge in [-0.15, -0.1) is 0 Å². The van der Waals surface area contributed by atoms with Crippen molar-refractivity contribution in [1.29, 1.82) is 0 Å². The number of rotatable bonds is 1. The molecular weight excluding hydrogens is 664 g/mol. The van der Waals surface area contributed by atoms with Crippen molar-refractivity contribution in [1.82, 2.24) is 0 Å². The van der Waals surface area contributed by atoms with Gasteiger partial charge in [0.1, 0.15) is 46.0 Å². The predicted octanol–water partition coefficient (Wildman–Crippen LogP) is 8.30. The van der Waals surface area contributed by atoms with Gasteiger partial charge in [-0.2, -0.15) is 0 Å². The Morgan fingerprint density at radius 3 is 0.942 bits per heavy atom. The minimum absolute atomic E-state index is 0.0247. The molecule has 9 rings (SSSR count). The summed E-state index contributed by atoms with van der Waals surface area (Å²) in [5.41, 5.74) is 11.2. The lowest BCUT2D eigenvalue weighted by Gasteiger charge is -2.36. The first-order valence-corrected chi connectivity index (χ1v) is 17.9. The van der Waals surface area contributed by atoms with Crippen LogP contribution in [0.15, 0.2) is 24.3 Å². The van der Waals surface area contributed by atoms with E-state index in [9.17, 15) is 4.79 Å². The molecule has 8 bridgehead atoms. The SMILES string of the molecule is COC(=O)C1Oc2c3cc4c(c2C)OCOc2c(cc5c(c2C)OCOc2c(cc6c(c2C)OCOc2c(cc(c(c2C)O1)C3C)[C@H]6C)C5C)[C@H]4C. The molecule has 1 aliphatic carbocycles. The van der Waals surface area contributed by atoms with E-state index in [4.69, 9.17) is 42.6 Å². The van der Waals surface area contributed by atoms with Crippen LogP contribution in [0.2, 0.25) is 0 Å². The standard InChI is InChI=1S/C42H42O10/c1-17-25-10-27-18(2)29-12-31-20(4)32-13-30-19(3)28-11-26(17)34-22(6)36(28)48-16-50-38(30)24(8)40(32)52-42(41(43)44-9)51-39(31)23(7)37(29)49-15-47-35(27)21(5)33(25)45-14-46-34/h10-13,17-20,42H,14-16H2,1-9H3/t17?,18-,19+,20?,42?. The van der Waals surface area contributed by atoms with Crippen LogP contribution in [0.25, 0.3) is 0 Å². The first kappa shape index (κ1) is 32.6. The van der Waals surface area contributed by atoms with Crippen molar-refractivity contribution in [3.05, 3.63) is 91.0 Å². The third kappa shape index (κ3) is 4.45. The Labute approximate surface area is 302 Å². The Hall–Kier alpha value is -5.25. The van der Waals surface area contributed by atoms with Gasteiger partial charge in [0, 0.05) is 90.4 Å². The molecule has 0 fully saturated rings. The number of carbonyl (C=O) groups excluding carboxylic acids is 1. The largest absolute Gasteiger partial charge is 0.463 e. The van der Waals surface area contributed by atoms with E-state index in [1.165, 1.54) is 7.11 Å². The van der Waals surface area contributed by atoms with E-state index in [0.29, 0.717) is 23.0 Å². The summed E-state index contributed by atoms with van der Waals surface area (Å²) >= 11 is 0. The van der Waals surface area contributed by atoms with Crippen molar-refractivity contribution in [2.24, 2.45) is 0 Å². The molecule has 3 unspecified atom stereocenters. The number of esters is 1. The molecule has 0 saturated heterocycles. The van der Waals surface area contributed by atoms with Crippen molar-refractivity contribution in [2.45, 2.75) is 85.4 Å². The summed E-state index contributed by atoms with van der Waals surface area (Å²) < 4.78 is 56.8. The summed E-state index contributed by atoms with van der Waals surface area (Å²) in [6.45, 7) is 16.6. The first-order valence-electron chi connectivity index (χ1n) is 17.9. The van der Waals surface area contributed by atoms with Crippen LogP contribution in [0.1, 0.15) is 118 Å². The van der Waals surface area contributed by atoms with Gasteiger partial charge in [-0.3, -0.25) is 0 Å². The Kier molecular flexibility index (Phi) is 7.30. The summed E-state index contributed by atoms with van der Waals surface area (Å²) in [6.07, 6.45) is -1.39. The maximum atomic E-state index is 13.3. The Bertz CT molecular complexity index is 2080. The van der Waals surface area contributed by atoms with E-state index >= 15 is 0 Å². The fraction of sp³-hybridized carbons (Fsp3) is 0.405. The van der Waals surface area contributed by atoms with Crippen LogP contribution in [-0.4, -0.2) is 39.7 Å². The first-order chi connectivity index (χ1) is 25.0. The minimum Gasteiger partial charge on any atom is -0.463 e. The zero-order valence-corrected chi connectivity index (χ0v) is 30.9. The van der Waals surface area contributed by atoms with Crippen molar-refractivity contribution >= 4 is 5.97 Å². The molecule has 4 aromatic carbocycles. The molecule has 0 N–H and O–H groups in total. The molecule has 5 aliphatic rings. The average molecular weight is 707 g/mol. The fourth-order valence-corrected chi connectivity index (χ4v) is 8.92. The van der Waals surface area contributed by atoms with Crippen LogP contribution >= 0.6 is 0 Å². The number of hydrogen-bond donors (Lipinski definition) is 0. The molecule has 0 radical (unpaired) electrons. The number of benzene rings is 4. The maximum Gasteiger partial charge on any atom is 0.389 e. The lowest BCUT2D eigenvalue weighted by molar-refractivity contribution is -0.162. The number of carbonyl (C=O) groups is 1. The Morgan fingerprint density at radius 2 is 0.692 bits per heavy atom. The van der Waals surface area contributed by atoms with Crippen molar-refractivity contribution in [3.63, 3.8) is 0 Å². The van der Waals surface area contributed by atoms with Crippen LogP contribution in [-0.2, 0) is 9.53 Å². The highest BCUT2D eigenvalue weighted by atomic mass is 16.7. The van der Waals surface area contributed by atoms with E-state index in [-0.39, 0.29) is 44.1 Å². The highest BCUT2D eigenvalue weighted by Crippen LogP contribution is 2.56. The molecule has 0 spiro atoms. The lowest BCUT2D eigenvalue weighted by atomic mass is 9.78. The van der Waals surface area contributed by atoms with E-state index in [1.807, 2.05) is 27.7 Å². The van der Waals surface area contributed by atoms with E-state index < -0.39 is 12.3 Å². The molecule has 270 valence electrons. The molecule has 0 amide bonds. The third-order valence-corrected chi connectivity index (χ3v) is 11.9. The smallest absolute Gasteiger partial charge is 0.389 e. The molecule has 0 saturated carbocycles. The molecule has 4 aliphatic heterocycles. The molecule has 4 aromatic rings. The van der Waals surface area contributed by atoms with Crippen LogP contribution in [0.3, 0.4) is 0 Å². The van der Waals surface area contributed by atoms with Gasteiger partial charge >= 0.3 is 12.3 Å². The topological polar surface area (TPSA) is 100 Å². The molecule has 0 aromatic heterocycles.